The molecule has 144 valence electrons. The van der Waals surface area contributed by atoms with Crippen LogP contribution < -0.4 is 0 Å². The van der Waals surface area contributed by atoms with E-state index in [0.29, 0.717) is 0 Å². The first-order valence-corrected chi connectivity index (χ1v) is 11.1. The molecule has 0 heterocycles. The minimum Gasteiger partial charge on any atom is -0.412 e. The average Bonchev–Trinajstić information content (AvgIpc) is 3.09. The van der Waals surface area contributed by atoms with Gasteiger partial charge in [0, 0.05) is 0 Å². The molecule has 0 amide bonds. The highest BCUT2D eigenvalue weighted by Crippen LogP contribution is 2.44. The van der Waals surface area contributed by atoms with Gasteiger partial charge in [0.2, 0.25) is 0 Å². The van der Waals surface area contributed by atoms with Gasteiger partial charge >= 0.3 is 0 Å². The monoisotopic (exact) mass is 362 g/mol. The average molecular weight is 363 g/mol. The van der Waals surface area contributed by atoms with Crippen LogP contribution in [0, 0.1) is 5.92 Å². The SMILES string of the molecule is O.c1ccc2c(c1)Cc1c-2ccc(C2CCCCC2)c1CC1CCCCC1. The molecule has 1 heteroatoms. The number of hydrogen-bond acceptors (Lipinski definition) is 0. The zero-order valence-electron chi connectivity index (χ0n) is 16.6. The van der Waals surface area contributed by atoms with Crippen molar-refractivity contribution in [2.75, 3.05) is 0 Å². The number of hydrogen-bond donors (Lipinski definition) is 0. The number of benzene rings is 2. The van der Waals surface area contributed by atoms with Crippen molar-refractivity contribution in [2.45, 2.75) is 83.0 Å². The van der Waals surface area contributed by atoms with Crippen LogP contribution in [0.1, 0.15) is 92.4 Å². The minimum atomic E-state index is 0. The van der Waals surface area contributed by atoms with Crippen LogP contribution in [0.25, 0.3) is 11.1 Å². The lowest BCUT2D eigenvalue weighted by Gasteiger charge is -2.29. The highest BCUT2D eigenvalue weighted by atomic mass is 16.0. The van der Waals surface area contributed by atoms with Crippen molar-refractivity contribution >= 4 is 0 Å². The van der Waals surface area contributed by atoms with Crippen LogP contribution in [-0.2, 0) is 12.8 Å². The summed E-state index contributed by atoms with van der Waals surface area (Å²) >= 11 is 0. The molecular weight excluding hydrogens is 328 g/mol. The van der Waals surface area contributed by atoms with E-state index in [1.807, 2.05) is 0 Å². The molecule has 0 atom stereocenters. The van der Waals surface area contributed by atoms with Crippen molar-refractivity contribution in [3.63, 3.8) is 0 Å². The predicted octanol–water partition coefficient (Wildman–Crippen LogP) is 6.60. The second-order valence-electron chi connectivity index (χ2n) is 9.04. The van der Waals surface area contributed by atoms with E-state index >= 15 is 0 Å². The second-order valence-corrected chi connectivity index (χ2v) is 9.04. The Kier molecular flexibility index (Phi) is 5.68. The Morgan fingerprint density at radius 3 is 2.19 bits per heavy atom. The molecule has 2 N–H and O–H groups in total. The summed E-state index contributed by atoms with van der Waals surface area (Å²) in [5.41, 5.74) is 9.81. The predicted molar refractivity (Wildman–Crippen MR) is 114 cm³/mol. The largest absolute Gasteiger partial charge is 0.412 e. The van der Waals surface area contributed by atoms with Gasteiger partial charge in [-0.15, -0.1) is 0 Å². The van der Waals surface area contributed by atoms with Gasteiger partial charge in [0.25, 0.3) is 0 Å². The van der Waals surface area contributed by atoms with Crippen LogP contribution in [-0.4, -0.2) is 5.48 Å². The van der Waals surface area contributed by atoms with Gasteiger partial charge < -0.3 is 5.48 Å². The van der Waals surface area contributed by atoms with Gasteiger partial charge in [0.1, 0.15) is 0 Å². The van der Waals surface area contributed by atoms with E-state index < -0.39 is 0 Å². The van der Waals surface area contributed by atoms with Gasteiger partial charge in [-0.1, -0.05) is 87.8 Å². The van der Waals surface area contributed by atoms with Crippen molar-refractivity contribution in [2.24, 2.45) is 5.92 Å². The lowest BCUT2D eigenvalue weighted by atomic mass is 9.76. The van der Waals surface area contributed by atoms with Gasteiger partial charge in [-0.05, 0) is 70.9 Å². The molecule has 3 aliphatic carbocycles. The Balaban J connectivity index is 0.00000180. The molecule has 0 spiro atoms. The molecule has 1 nitrogen and oxygen atoms in total. The lowest BCUT2D eigenvalue weighted by Crippen LogP contribution is -2.15. The van der Waals surface area contributed by atoms with Crippen LogP contribution >= 0.6 is 0 Å². The Morgan fingerprint density at radius 2 is 1.41 bits per heavy atom. The third kappa shape index (κ3) is 3.59. The van der Waals surface area contributed by atoms with Gasteiger partial charge in [-0.2, -0.15) is 0 Å². The van der Waals surface area contributed by atoms with Crippen LogP contribution in [0.2, 0.25) is 0 Å². The van der Waals surface area contributed by atoms with E-state index in [0.717, 1.165) is 11.8 Å². The smallest absolute Gasteiger partial charge is 0.00106 e. The fourth-order valence-electron chi connectivity index (χ4n) is 6.01. The molecule has 0 bridgehead atoms. The lowest BCUT2D eigenvalue weighted by molar-refractivity contribution is 0.353. The summed E-state index contributed by atoms with van der Waals surface area (Å²) in [6.07, 6.45) is 17.0. The molecule has 0 unspecified atom stereocenters. The summed E-state index contributed by atoms with van der Waals surface area (Å²) in [6, 6.07) is 14.1. The summed E-state index contributed by atoms with van der Waals surface area (Å²) in [5.74, 6) is 1.76. The molecule has 0 saturated heterocycles. The van der Waals surface area contributed by atoms with Crippen LogP contribution in [0.4, 0.5) is 0 Å². The van der Waals surface area contributed by atoms with E-state index in [1.54, 1.807) is 27.8 Å². The molecule has 3 aliphatic rings. The van der Waals surface area contributed by atoms with E-state index in [4.69, 9.17) is 0 Å². The molecule has 5 rings (SSSR count). The normalized spacial score (nSPS) is 20.0. The zero-order valence-corrected chi connectivity index (χ0v) is 16.6. The third-order valence-corrected chi connectivity index (χ3v) is 7.40. The van der Waals surface area contributed by atoms with E-state index in [9.17, 15) is 0 Å². The standard InChI is InChI=1S/C26H32.H2O/c1-3-9-19(10-4-1)17-25-23(20-11-5-2-6-12-20)15-16-24-22-14-8-7-13-21(22)18-26(24)25;/h7-8,13-16,19-20H,1-6,9-12,17-18H2;1H2. The fourth-order valence-corrected chi connectivity index (χ4v) is 6.01. The molecule has 2 saturated carbocycles. The Labute approximate surface area is 164 Å². The summed E-state index contributed by atoms with van der Waals surface area (Å²) in [7, 11) is 0. The second kappa shape index (κ2) is 8.19. The minimum absolute atomic E-state index is 0. The van der Waals surface area contributed by atoms with Gasteiger partial charge in [0.05, 0.1) is 0 Å². The Hall–Kier alpha value is -1.60. The molecule has 0 aromatic heterocycles. The summed E-state index contributed by atoms with van der Waals surface area (Å²) in [5, 5.41) is 0. The highest BCUT2D eigenvalue weighted by molar-refractivity contribution is 5.78. The maximum Gasteiger partial charge on any atom is -0.00106 e. The Morgan fingerprint density at radius 1 is 0.704 bits per heavy atom. The molecule has 27 heavy (non-hydrogen) atoms. The molecule has 2 aromatic carbocycles. The van der Waals surface area contributed by atoms with Crippen LogP contribution in [0.3, 0.4) is 0 Å². The fraction of sp³-hybridized carbons (Fsp3) is 0.538. The molecule has 2 fully saturated rings. The number of rotatable bonds is 3. The summed E-state index contributed by atoms with van der Waals surface area (Å²) < 4.78 is 0. The van der Waals surface area contributed by atoms with Crippen molar-refractivity contribution < 1.29 is 5.48 Å². The van der Waals surface area contributed by atoms with Crippen LogP contribution in [0.15, 0.2) is 36.4 Å². The highest BCUT2D eigenvalue weighted by Gasteiger charge is 2.28. The van der Waals surface area contributed by atoms with Crippen LogP contribution in [0.5, 0.6) is 0 Å². The molecule has 2 aromatic rings. The zero-order chi connectivity index (χ0) is 17.3. The summed E-state index contributed by atoms with van der Waals surface area (Å²) in [4.78, 5) is 0. The first-order valence-electron chi connectivity index (χ1n) is 11.1. The third-order valence-electron chi connectivity index (χ3n) is 7.40. The van der Waals surface area contributed by atoms with Crippen molar-refractivity contribution in [3.8, 4) is 11.1 Å². The maximum atomic E-state index is 2.54. The van der Waals surface area contributed by atoms with Gasteiger partial charge in [0.15, 0.2) is 0 Å². The van der Waals surface area contributed by atoms with Crippen molar-refractivity contribution in [1.29, 1.82) is 0 Å². The quantitative estimate of drug-likeness (QED) is 0.502. The van der Waals surface area contributed by atoms with E-state index in [1.165, 1.54) is 82.6 Å². The van der Waals surface area contributed by atoms with E-state index in [-0.39, 0.29) is 5.48 Å². The summed E-state index contributed by atoms with van der Waals surface area (Å²) in [6.45, 7) is 0. The van der Waals surface area contributed by atoms with Gasteiger partial charge in [-0.25, -0.2) is 0 Å². The molecule has 0 aliphatic heterocycles. The first kappa shape index (κ1) is 18.7. The van der Waals surface area contributed by atoms with Crippen molar-refractivity contribution in [3.05, 3.63) is 58.7 Å². The maximum absolute atomic E-state index is 2.54. The molecular formula is C26H34O. The first-order chi connectivity index (χ1) is 12.9. The van der Waals surface area contributed by atoms with Gasteiger partial charge in [-0.3, -0.25) is 0 Å². The number of fused-ring (bicyclic) bond motifs is 3. The van der Waals surface area contributed by atoms with Crippen molar-refractivity contribution in [1.82, 2.24) is 0 Å². The van der Waals surface area contributed by atoms with E-state index in [2.05, 4.69) is 36.4 Å². The molecule has 0 radical (unpaired) electrons. The topological polar surface area (TPSA) is 31.5 Å². The Bertz CT molecular complexity index is 779.